The Bertz CT molecular complexity index is 741. The number of hydrogen-bond donors (Lipinski definition) is 0. The van der Waals surface area contributed by atoms with Crippen LogP contribution in [0, 0.1) is 0 Å². The molecular formula is C20H22O2. The lowest BCUT2D eigenvalue weighted by molar-refractivity contribution is -0.147. The number of esters is 1. The van der Waals surface area contributed by atoms with Gasteiger partial charge in [-0.1, -0.05) is 57.2 Å². The normalized spacial score (nSPS) is 16.3. The average Bonchev–Trinajstić information content (AvgIpc) is 2.50. The highest BCUT2D eigenvalue weighted by Crippen LogP contribution is 2.39. The van der Waals surface area contributed by atoms with E-state index in [0.717, 1.165) is 12.0 Å². The summed E-state index contributed by atoms with van der Waals surface area (Å²) >= 11 is 0. The number of benzene rings is 2. The summed E-state index contributed by atoms with van der Waals surface area (Å²) in [5.41, 5.74) is 3.71. The van der Waals surface area contributed by atoms with Crippen LogP contribution in [0.4, 0.5) is 0 Å². The number of carbonyl (C=O) groups excluding carboxylic acids is 1. The molecule has 0 fully saturated rings. The smallest absolute Gasteiger partial charge is 0.306 e. The Labute approximate surface area is 131 Å². The van der Waals surface area contributed by atoms with Crippen molar-refractivity contribution in [1.82, 2.24) is 0 Å². The highest BCUT2D eigenvalue weighted by atomic mass is 16.5. The van der Waals surface area contributed by atoms with Crippen LogP contribution in [-0.4, -0.2) is 5.97 Å². The molecule has 0 bridgehead atoms. The molecule has 3 rings (SSSR count). The minimum atomic E-state index is -0.266. The third-order valence-corrected chi connectivity index (χ3v) is 4.23. The lowest BCUT2D eigenvalue weighted by Crippen LogP contribution is -2.12. The second kappa shape index (κ2) is 5.96. The third-order valence-electron chi connectivity index (χ3n) is 4.23. The van der Waals surface area contributed by atoms with Gasteiger partial charge in [0.2, 0.25) is 0 Å². The number of rotatable bonds is 4. The molecule has 2 nitrogen and oxygen atoms in total. The van der Waals surface area contributed by atoms with Crippen molar-refractivity contribution in [2.45, 2.75) is 45.6 Å². The molecule has 2 aromatic rings. The van der Waals surface area contributed by atoms with E-state index in [-0.39, 0.29) is 12.1 Å². The van der Waals surface area contributed by atoms with Crippen molar-refractivity contribution in [3.63, 3.8) is 0 Å². The SMILES string of the molecule is CCCC(=O)OC1C=Cc2c(C(C)C)ccc3cccc1c23. The summed E-state index contributed by atoms with van der Waals surface area (Å²) in [5.74, 6) is 0.342. The van der Waals surface area contributed by atoms with Gasteiger partial charge in [0.25, 0.3) is 0 Å². The standard InChI is InChI=1S/C20H22O2/c1-4-6-19(21)22-18-12-11-16-15(13(2)3)10-9-14-7-5-8-17(18)20(14)16/h5,7-13,18H,4,6H2,1-3H3. The van der Waals surface area contributed by atoms with Crippen molar-refractivity contribution >= 4 is 22.8 Å². The fourth-order valence-corrected chi connectivity index (χ4v) is 3.17. The molecule has 114 valence electrons. The maximum Gasteiger partial charge on any atom is 0.306 e. The summed E-state index contributed by atoms with van der Waals surface area (Å²) in [7, 11) is 0. The van der Waals surface area contributed by atoms with Gasteiger partial charge in [0.1, 0.15) is 6.10 Å². The van der Waals surface area contributed by atoms with Gasteiger partial charge in [0.15, 0.2) is 0 Å². The Morgan fingerprint density at radius 1 is 1.23 bits per heavy atom. The Kier molecular flexibility index (Phi) is 4.02. The van der Waals surface area contributed by atoms with Crippen LogP contribution in [0.2, 0.25) is 0 Å². The first-order valence-electron chi connectivity index (χ1n) is 8.05. The molecule has 0 saturated heterocycles. The topological polar surface area (TPSA) is 26.3 Å². The van der Waals surface area contributed by atoms with E-state index in [1.165, 1.54) is 21.9 Å². The summed E-state index contributed by atoms with van der Waals surface area (Å²) < 4.78 is 5.65. The highest BCUT2D eigenvalue weighted by molar-refractivity contribution is 5.97. The lowest BCUT2D eigenvalue weighted by atomic mass is 9.85. The molecule has 2 aromatic carbocycles. The van der Waals surface area contributed by atoms with Crippen molar-refractivity contribution in [2.24, 2.45) is 0 Å². The van der Waals surface area contributed by atoms with Gasteiger partial charge in [-0.2, -0.15) is 0 Å². The van der Waals surface area contributed by atoms with E-state index in [0.29, 0.717) is 12.3 Å². The van der Waals surface area contributed by atoms with Crippen molar-refractivity contribution in [1.29, 1.82) is 0 Å². The lowest BCUT2D eigenvalue weighted by Gasteiger charge is -2.24. The largest absolute Gasteiger partial charge is 0.453 e. The van der Waals surface area contributed by atoms with Crippen LogP contribution in [-0.2, 0) is 9.53 Å². The number of carbonyl (C=O) groups is 1. The van der Waals surface area contributed by atoms with Crippen molar-refractivity contribution < 1.29 is 9.53 Å². The average molecular weight is 294 g/mol. The highest BCUT2D eigenvalue weighted by Gasteiger charge is 2.22. The quantitative estimate of drug-likeness (QED) is 0.708. The Morgan fingerprint density at radius 2 is 2.05 bits per heavy atom. The first-order valence-corrected chi connectivity index (χ1v) is 8.05. The predicted molar refractivity (Wildman–Crippen MR) is 90.8 cm³/mol. The summed E-state index contributed by atoms with van der Waals surface area (Å²) in [6, 6.07) is 10.6. The molecule has 0 radical (unpaired) electrons. The van der Waals surface area contributed by atoms with Gasteiger partial charge in [0, 0.05) is 12.0 Å². The van der Waals surface area contributed by atoms with Gasteiger partial charge in [-0.05, 0) is 40.3 Å². The van der Waals surface area contributed by atoms with Gasteiger partial charge >= 0.3 is 5.97 Å². The third kappa shape index (κ3) is 2.54. The van der Waals surface area contributed by atoms with Crippen LogP contribution >= 0.6 is 0 Å². The van der Waals surface area contributed by atoms with Gasteiger partial charge < -0.3 is 4.74 Å². The van der Waals surface area contributed by atoms with Crippen LogP contribution in [0.5, 0.6) is 0 Å². The predicted octanol–water partition coefficient (Wildman–Crippen LogP) is 5.37. The van der Waals surface area contributed by atoms with Crippen LogP contribution in [0.15, 0.2) is 36.4 Å². The van der Waals surface area contributed by atoms with E-state index in [9.17, 15) is 4.79 Å². The van der Waals surface area contributed by atoms with E-state index in [4.69, 9.17) is 4.74 Å². The Hall–Kier alpha value is -2.09. The van der Waals surface area contributed by atoms with E-state index in [1.807, 2.05) is 19.1 Å². The van der Waals surface area contributed by atoms with Gasteiger partial charge in [-0.3, -0.25) is 4.79 Å². The molecule has 2 heteroatoms. The second-order valence-electron chi connectivity index (χ2n) is 6.19. The molecule has 0 N–H and O–H groups in total. The minimum Gasteiger partial charge on any atom is -0.453 e. The van der Waals surface area contributed by atoms with Crippen LogP contribution < -0.4 is 0 Å². The van der Waals surface area contributed by atoms with E-state index < -0.39 is 0 Å². The molecule has 1 aliphatic carbocycles. The molecule has 0 spiro atoms. The maximum absolute atomic E-state index is 11.9. The summed E-state index contributed by atoms with van der Waals surface area (Å²) in [6.45, 7) is 6.41. The number of hydrogen-bond acceptors (Lipinski definition) is 2. The van der Waals surface area contributed by atoms with E-state index in [2.05, 4.69) is 44.2 Å². The molecule has 1 unspecified atom stereocenters. The molecule has 1 atom stereocenters. The molecule has 0 amide bonds. The van der Waals surface area contributed by atoms with Crippen molar-refractivity contribution in [3.05, 3.63) is 53.1 Å². The summed E-state index contributed by atoms with van der Waals surface area (Å²) in [5, 5.41) is 2.43. The molecule has 0 saturated carbocycles. The van der Waals surface area contributed by atoms with Gasteiger partial charge in [-0.15, -0.1) is 0 Å². The van der Waals surface area contributed by atoms with Gasteiger partial charge in [-0.25, -0.2) is 0 Å². The van der Waals surface area contributed by atoms with Gasteiger partial charge in [0.05, 0.1) is 0 Å². The fraction of sp³-hybridized carbons (Fsp3) is 0.350. The zero-order valence-electron chi connectivity index (χ0n) is 13.4. The summed E-state index contributed by atoms with van der Waals surface area (Å²) in [6.07, 6.45) is 5.15. The van der Waals surface area contributed by atoms with Crippen LogP contribution in [0.1, 0.15) is 62.3 Å². The zero-order chi connectivity index (χ0) is 15.7. The molecular weight excluding hydrogens is 272 g/mol. The van der Waals surface area contributed by atoms with Crippen molar-refractivity contribution in [3.8, 4) is 0 Å². The van der Waals surface area contributed by atoms with Crippen LogP contribution in [0.25, 0.3) is 16.8 Å². The maximum atomic E-state index is 11.9. The zero-order valence-corrected chi connectivity index (χ0v) is 13.4. The molecule has 22 heavy (non-hydrogen) atoms. The first-order chi connectivity index (χ1) is 10.6. The minimum absolute atomic E-state index is 0.127. The molecule has 0 heterocycles. The molecule has 0 aromatic heterocycles. The van der Waals surface area contributed by atoms with Crippen LogP contribution in [0.3, 0.4) is 0 Å². The first kappa shape index (κ1) is 14.8. The second-order valence-corrected chi connectivity index (χ2v) is 6.19. The monoisotopic (exact) mass is 294 g/mol. The Balaban J connectivity index is 2.10. The van der Waals surface area contributed by atoms with E-state index >= 15 is 0 Å². The van der Waals surface area contributed by atoms with Crippen molar-refractivity contribution in [2.75, 3.05) is 0 Å². The Morgan fingerprint density at radius 3 is 2.77 bits per heavy atom. The summed E-state index contributed by atoms with van der Waals surface area (Å²) in [4.78, 5) is 11.9. The number of ether oxygens (including phenoxy) is 1. The van der Waals surface area contributed by atoms with E-state index in [1.54, 1.807) is 0 Å². The molecule has 0 aliphatic heterocycles. The fourth-order valence-electron chi connectivity index (χ4n) is 3.17. The molecule has 1 aliphatic rings.